The molecule has 1 amide bonds. The van der Waals surface area contributed by atoms with E-state index in [1.165, 1.54) is 0 Å². The van der Waals surface area contributed by atoms with Crippen molar-refractivity contribution in [2.75, 3.05) is 6.54 Å². The Hall–Kier alpha value is -1.36. The standard InChI is InChI=1S/C11H12BrNO3/c1-7(11(15)16)6-13-10(14)8-3-2-4-9(12)5-8/h2-5,7H,6H2,1H3,(H,13,14)(H,15,16)/t7-/m1/s1. The molecule has 0 saturated carbocycles. The molecule has 0 radical (unpaired) electrons. The monoisotopic (exact) mass is 285 g/mol. The summed E-state index contributed by atoms with van der Waals surface area (Å²) in [4.78, 5) is 22.1. The fraction of sp³-hybridized carbons (Fsp3) is 0.273. The van der Waals surface area contributed by atoms with Gasteiger partial charge < -0.3 is 10.4 Å². The molecule has 0 fully saturated rings. The molecule has 5 heteroatoms. The van der Waals surface area contributed by atoms with Crippen molar-refractivity contribution in [3.8, 4) is 0 Å². The molecule has 0 aliphatic heterocycles. The number of carbonyl (C=O) groups excluding carboxylic acids is 1. The number of nitrogens with one attached hydrogen (secondary N) is 1. The maximum atomic E-state index is 11.6. The third kappa shape index (κ3) is 3.66. The Balaban J connectivity index is 2.56. The van der Waals surface area contributed by atoms with E-state index in [-0.39, 0.29) is 12.5 Å². The van der Waals surface area contributed by atoms with Gasteiger partial charge in [0.25, 0.3) is 5.91 Å². The average Bonchev–Trinajstić information content (AvgIpc) is 2.25. The molecule has 1 aromatic rings. The molecule has 1 rings (SSSR count). The molecule has 1 aromatic carbocycles. The number of benzene rings is 1. The van der Waals surface area contributed by atoms with E-state index in [0.29, 0.717) is 5.56 Å². The first-order valence-electron chi connectivity index (χ1n) is 4.77. The van der Waals surface area contributed by atoms with E-state index in [9.17, 15) is 9.59 Å². The molecule has 0 spiro atoms. The zero-order valence-corrected chi connectivity index (χ0v) is 10.3. The summed E-state index contributed by atoms with van der Waals surface area (Å²) in [7, 11) is 0. The lowest BCUT2D eigenvalue weighted by Gasteiger charge is -2.08. The summed E-state index contributed by atoms with van der Waals surface area (Å²) in [5.41, 5.74) is 0.506. The van der Waals surface area contributed by atoms with E-state index in [0.717, 1.165) is 4.47 Å². The summed E-state index contributed by atoms with van der Waals surface area (Å²) in [5, 5.41) is 11.2. The molecule has 0 saturated heterocycles. The van der Waals surface area contributed by atoms with Crippen molar-refractivity contribution in [1.82, 2.24) is 5.32 Å². The van der Waals surface area contributed by atoms with E-state index < -0.39 is 11.9 Å². The highest BCUT2D eigenvalue weighted by Crippen LogP contribution is 2.11. The normalized spacial score (nSPS) is 11.9. The fourth-order valence-electron chi connectivity index (χ4n) is 1.06. The molecule has 0 bridgehead atoms. The van der Waals surface area contributed by atoms with Gasteiger partial charge in [-0.2, -0.15) is 0 Å². The van der Waals surface area contributed by atoms with Crippen molar-refractivity contribution in [1.29, 1.82) is 0 Å². The lowest BCUT2D eigenvalue weighted by molar-refractivity contribution is -0.140. The Morgan fingerprint density at radius 1 is 1.50 bits per heavy atom. The van der Waals surface area contributed by atoms with Gasteiger partial charge >= 0.3 is 5.97 Å². The summed E-state index contributed by atoms with van der Waals surface area (Å²) in [6.07, 6.45) is 0. The van der Waals surface area contributed by atoms with Crippen LogP contribution in [0.3, 0.4) is 0 Å². The first-order valence-corrected chi connectivity index (χ1v) is 5.56. The number of carboxylic acid groups (broad SMARTS) is 1. The first-order chi connectivity index (χ1) is 7.50. The van der Waals surface area contributed by atoms with E-state index in [4.69, 9.17) is 5.11 Å². The molecule has 0 aromatic heterocycles. The maximum Gasteiger partial charge on any atom is 0.308 e. The molecule has 86 valence electrons. The predicted molar refractivity (Wildman–Crippen MR) is 63.3 cm³/mol. The van der Waals surface area contributed by atoms with Gasteiger partial charge in [0.2, 0.25) is 0 Å². The number of carbonyl (C=O) groups is 2. The highest BCUT2D eigenvalue weighted by Gasteiger charge is 2.12. The highest BCUT2D eigenvalue weighted by molar-refractivity contribution is 9.10. The van der Waals surface area contributed by atoms with Crippen molar-refractivity contribution in [2.45, 2.75) is 6.92 Å². The van der Waals surface area contributed by atoms with Crippen molar-refractivity contribution in [2.24, 2.45) is 5.92 Å². The number of hydrogen-bond donors (Lipinski definition) is 2. The van der Waals surface area contributed by atoms with Crippen LogP contribution in [0.15, 0.2) is 28.7 Å². The van der Waals surface area contributed by atoms with E-state index >= 15 is 0 Å². The second-order valence-corrected chi connectivity index (χ2v) is 4.38. The Morgan fingerprint density at radius 2 is 2.19 bits per heavy atom. The highest BCUT2D eigenvalue weighted by atomic mass is 79.9. The predicted octanol–water partition coefficient (Wildman–Crippen LogP) is 1.90. The minimum Gasteiger partial charge on any atom is -0.481 e. The van der Waals surface area contributed by atoms with Crippen molar-refractivity contribution < 1.29 is 14.7 Å². The number of amides is 1. The lowest BCUT2D eigenvalue weighted by atomic mass is 10.1. The van der Waals surface area contributed by atoms with Crippen LogP contribution in [-0.2, 0) is 4.79 Å². The molecule has 2 N–H and O–H groups in total. The molecule has 0 aliphatic rings. The quantitative estimate of drug-likeness (QED) is 0.888. The molecule has 0 aliphatic carbocycles. The number of hydrogen-bond acceptors (Lipinski definition) is 2. The molecule has 16 heavy (non-hydrogen) atoms. The average molecular weight is 286 g/mol. The second-order valence-electron chi connectivity index (χ2n) is 3.46. The van der Waals surface area contributed by atoms with Gasteiger partial charge in [0, 0.05) is 16.6 Å². The van der Waals surface area contributed by atoms with Crippen LogP contribution >= 0.6 is 15.9 Å². The van der Waals surface area contributed by atoms with Crippen molar-refractivity contribution in [3.63, 3.8) is 0 Å². The topological polar surface area (TPSA) is 66.4 Å². The first kappa shape index (κ1) is 12.7. The van der Waals surface area contributed by atoms with Crippen LogP contribution < -0.4 is 5.32 Å². The Labute approximate surface area is 102 Å². The smallest absolute Gasteiger partial charge is 0.308 e. The van der Waals surface area contributed by atoms with Crippen LogP contribution in [-0.4, -0.2) is 23.5 Å². The van der Waals surface area contributed by atoms with Crippen LogP contribution in [0.4, 0.5) is 0 Å². The molecular weight excluding hydrogens is 274 g/mol. The van der Waals surface area contributed by atoms with Crippen LogP contribution in [0.25, 0.3) is 0 Å². The minimum absolute atomic E-state index is 0.126. The molecule has 1 atom stereocenters. The number of halogens is 1. The van der Waals surface area contributed by atoms with Gasteiger partial charge in [-0.05, 0) is 18.2 Å². The molecule has 4 nitrogen and oxygen atoms in total. The summed E-state index contributed by atoms with van der Waals surface area (Å²) < 4.78 is 0.812. The lowest BCUT2D eigenvalue weighted by Crippen LogP contribution is -2.31. The summed E-state index contributed by atoms with van der Waals surface area (Å²) in [6.45, 7) is 1.67. The molecule has 0 heterocycles. The van der Waals surface area contributed by atoms with E-state index in [1.54, 1.807) is 25.1 Å². The van der Waals surface area contributed by atoms with E-state index in [1.807, 2.05) is 6.07 Å². The zero-order valence-electron chi connectivity index (χ0n) is 8.74. The Kier molecular flexibility index (Phi) is 4.49. The third-order valence-electron chi connectivity index (χ3n) is 2.08. The van der Waals surface area contributed by atoms with Crippen LogP contribution in [0.2, 0.25) is 0 Å². The Bertz CT molecular complexity index is 406. The molecule has 0 unspecified atom stereocenters. The summed E-state index contributed by atoms with van der Waals surface area (Å²) >= 11 is 3.26. The SMILES string of the molecule is C[C@H](CNC(=O)c1cccc(Br)c1)C(=O)O. The molecular formula is C11H12BrNO3. The van der Waals surface area contributed by atoms with Gasteiger partial charge in [0.15, 0.2) is 0 Å². The third-order valence-corrected chi connectivity index (χ3v) is 2.57. The van der Waals surface area contributed by atoms with Gasteiger partial charge in [-0.15, -0.1) is 0 Å². The summed E-state index contributed by atoms with van der Waals surface area (Å²) in [6, 6.07) is 6.92. The van der Waals surface area contributed by atoms with Gasteiger partial charge in [-0.3, -0.25) is 9.59 Å². The van der Waals surface area contributed by atoms with Crippen LogP contribution in [0.1, 0.15) is 17.3 Å². The van der Waals surface area contributed by atoms with Crippen LogP contribution in [0.5, 0.6) is 0 Å². The van der Waals surface area contributed by atoms with E-state index in [2.05, 4.69) is 21.2 Å². The number of aliphatic carboxylic acids is 1. The fourth-order valence-corrected chi connectivity index (χ4v) is 1.46. The number of carboxylic acids is 1. The van der Waals surface area contributed by atoms with Gasteiger partial charge in [-0.1, -0.05) is 28.9 Å². The largest absolute Gasteiger partial charge is 0.481 e. The minimum atomic E-state index is -0.922. The van der Waals surface area contributed by atoms with Gasteiger partial charge in [0.1, 0.15) is 0 Å². The summed E-state index contributed by atoms with van der Waals surface area (Å²) in [5.74, 6) is -1.78. The van der Waals surface area contributed by atoms with Crippen molar-refractivity contribution >= 4 is 27.8 Å². The van der Waals surface area contributed by atoms with Gasteiger partial charge in [0.05, 0.1) is 5.92 Å². The zero-order chi connectivity index (χ0) is 12.1. The van der Waals surface area contributed by atoms with Gasteiger partial charge in [-0.25, -0.2) is 0 Å². The van der Waals surface area contributed by atoms with Crippen LogP contribution in [0, 0.1) is 5.92 Å². The maximum absolute atomic E-state index is 11.6. The second kappa shape index (κ2) is 5.65. The van der Waals surface area contributed by atoms with Crippen molar-refractivity contribution in [3.05, 3.63) is 34.3 Å². The Morgan fingerprint density at radius 3 is 2.75 bits per heavy atom. The number of rotatable bonds is 4.